The summed E-state index contributed by atoms with van der Waals surface area (Å²) < 4.78 is 0. The van der Waals surface area contributed by atoms with Gasteiger partial charge in [-0.25, -0.2) is 4.98 Å². The molecule has 1 aromatic carbocycles. The fourth-order valence-corrected chi connectivity index (χ4v) is 2.92. The van der Waals surface area contributed by atoms with Crippen LogP contribution in [0.15, 0.2) is 30.5 Å². The van der Waals surface area contributed by atoms with E-state index in [2.05, 4.69) is 4.98 Å². The summed E-state index contributed by atoms with van der Waals surface area (Å²) in [4.78, 5) is 5.57. The van der Waals surface area contributed by atoms with Crippen molar-refractivity contribution in [3.8, 4) is 16.3 Å². The Morgan fingerprint density at radius 2 is 2.12 bits per heavy atom. The van der Waals surface area contributed by atoms with Gasteiger partial charge in [0.1, 0.15) is 10.8 Å². The van der Waals surface area contributed by atoms with Crippen LogP contribution in [0.4, 0.5) is 0 Å². The van der Waals surface area contributed by atoms with Crippen molar-refractivity contribution < 1.29 is 5.11 Å². The van der Waals surface area contributed by atoms with E-state index in [1.54, 1.807) is 17.4 Å². The number of thiazole rings is 1. The largest absolute Gasteiger partial charge is 0.507 e. The minimum absolute atomic E-state index is 0.281. The Balaban J connectivity index is 1.95. The van der Waals surface area contributed by atoms with Crippen molar-refractivity contribution in [2.45, 2.75) is 18.4 Å². The van der Waals surface area contributed by atoms with Crippen LogP contribution in [0.5, 0.6) is 5.75 Å². The molecule has 0 saturated heterocycles. The molecule has 82 valence electrons. The number of rotatable bonds is 2. The highest BCUT2D eigenvalue weighted by molar-refractivity contribution is 7.15. The molecule has 3 rings (SSSR count). The first-order valence-electron chi connectivity index (χ1n) is 5.25. The zero-order chi connectivity index (χ0) is 11.1. The lowest BCUT2D eigenvalue weighted by atomic mass is 10.2. The smallest absolute Gasteiger partial charge is 0.127 e. The first kappa shape index (κ1) is 9.81. The van der Waals surface area contributed by atoms with Crippen molar-refractivity contribution >= 4 is 11.3 Å². The lowest BCUT2D eigenvalue weighted by Crippen LogP contribution is -1.99. The highest BCUT2D eigenvalue weighted by atomic mass is 32.1. The summed E-state index contributed by atoms with van der Waals surface area (Å²) >= 11 is 1.62. The molecule has 1 aliphatic carbocycles. The maximum absolute atomic E-state index is 9.72. The number of para-hydroxylation sites is 1. The molecular formula is C12H12N2OS. The molecule has 3 N–H and O–H groups in total. The van der Waals surface area contributed by atoms with Crippen LogP contribution in [0.1, 0.15) is 17.2 Å². The van der Waals surface area contributed by atoms with Crippen LogP contribution in [-0.4, -0.2) is 16.1 Å². The van der Waals surface area contributed by atoms with E-state index in [0.29, 0.717) is 12.0 Å². The van der Waals surface area contributed by atoms with Crippen molar-refractivity contribution in [3.05, 3.63) is 35.3 Å². The van der Waals surface area contributed by atoms with Gasteiger partial charge in [-0.2, -0.15) is 0 Å². The lowest BCUT2D eigenvalue weighted by molar-refractivity contribution is 0.477. The number of nitrogens with zero attached hydrogens (tertiary/aromatic N) is 1. The molecule has 0 bridgehead atoms. The van der Waals surface area contributed by atoms with Crippen LogP contribution in [0, 0.1) is 0 Å². The van der Waals surface area contributed by atoms with Gasteiger partial charge >= 0.3 is 0 Å². The van der Waals surface area contributed by atoms with Gasteiger partial charge in [-0.05, 0) is 18.6 Å². The minimum Gasteiger partial charge on any atom is -0.507 e. The third-order valence-electron chi connectivity index (χ3n) is 2.86. The molecule has 4 heteroatoms. The molecule has 1 aromatic heterocycles. The minimum atomic E-state index is 0.281. The maximum atomic E-state index is 9.72. The molecule has 16 heavy (non-hydrogen) atoms. The number of hydrogen-bond acceptors (Lipinski definition) is 4. The molecule has 2 atom stereocenters. The van der Waals surface area contributed by atoms with E-state index in [-0.39, 0.29) is 5.75 Å². The third kappa shape index (κ3) is 1.60. The highest BCUT2D eigenvalue weighted by Crippen LogP contribution is 2.44. The Bertz CT molecular complexity index is 523. The normalized spacial score (nSPS) is 23.3. The summed E-state index contributed by atoms with van der Waals surface area (Å²) in [6.07, 6.45) is 2.94. The number of nitrogens with two attached hydrogens (primary N) is 1. The summed E-state index contributed by atoms with van der Waals surface area (Å²) in [7, 11) is 0. The molecular weight excluding hydrogens is 220 g/mol. The Morgan fingerprint density at radius 3 is 2.81 bits per heavy atom. The summed E-state index contributed by atoms with van der Waals surface area (Å²) in [6, 6.07) is 7.57. The zero-order valence-electron chi connectivity index (χ0n) is 8.63. The van der Waals surface area contributed by atoms with Gasteiger partial charge in [0.2, 0.25) is 0 Å². The van der Waals surface area contributed by atoms with Crippen molar-refractivity contribution in [1.82, 2.24) is 4.98 Å². The molecule has 1 aliphatic rings. The molecule has 0 spiro atoms. The van der Waals surface area contributed by atoms with Crippen LogP contribution < -0.4 is 5.73 Å². The van der Waals surface area contributed by atoms with Crippen LogP contribution in [0.25, 0.3) is 10.6 Å². The fourth-order valence-electron chi connectivity index (χ4n) is 1.78. The van der Waals surface area contributed by atoms with Gasteiger partial charge in [-0.15, -0.1) is 11.3 Å². The van der Waals surface area contributed by atoms with E-state index in [1.807, 2.05) is 24.4 Å². The van der Waals surface area contributed by atoms with Crippen molar-refractivity contribution in [1.29, 1.82) is 0 Å². The second-order valence-corrected chi connectivity index (χ2v) is 5.15. The number of aromatic hydroxyl groups is 1. The first-order chi connectivity index (χ1) is 7.75. The van der Waals surface area contributed by atoms with Crippen LogP contribution in [0.2, 0.25) is 0 Å². The quantitative estimate of drug-likeness (QED) is 0.835. The summed E-state index contributed by atoms with van der Waals surface area (Å²) in [6.45, 7) is 0. The van der Waals surface area contributed by atoms with E-state index in [0.717, 1.165) is 17.0 Å². The topological polar surface area (TPSA) is 59.1 Å². The van der Waals surface area contributed by atoms with Crippen molar-refractivity contribution in [3.63, 3.8) is 0 Å². The molecule has 2 aromatic rings. The van der Waals surface area contributed by atoms with Gasteiger partial charge in [-0.3, -0.25) is 0 Å². The van der Waals surface area contributed by atoms with E-state index in [9.17, 15) is 5.11 Å². The van der Waals surface area contributed by atoms with E-state index >= 15 is 0 Å². The fraction of sp³-hybridized carbons (Fsp3) is 0.250. The number of phenolic OH excluding ortho intramolecular Hbond substituents is 1. The molecule has 1 heterocycles. The predicted octanol–water partition coefficient (Wildman–Crippen LogP) is 2.33. The summed E-state index contributed by atoms with van der Waals surface area (Å²) in [5, 5.41) is 10.6. The number of phenols is 1. The second-order valence-electron chi connectivity index (χ2n) is 4.09. The molecule has 0 amide bonds. The summed E-state index contributed by atoms with van der Waals surface area (Å²) in [5.41, 5.74) is 6.60. The van der Waals surface area contributed by atoms with Gasteiger partial charge in [0.25, 0.3) is 0 Å². The van der Waals surface area contributed by atoms with Crippen LogP contribution in [0.3, 0.4) is 0 Å². The zero-order valence-corrected chi connectivity index (χ0v) is 9.45. The maximum Gasteiger partial charge on any atom is 0.127 e. The van der Waals surface area contributed by atoms with Gasteiger partial charge < -0.3 is 10.8 Å². The van der Waals surface area contributed by atoms with Gasteiger partial charge in [0, 0.05) is 23.0 Å². The Hall–Kier alpha value is -1.39. The van der Waals surface area contributed by atoms with Crippen LogP contribution in [-0.2, 0) is 0 Å². The number of benzene rings is 1. The van der Waals surface area contributed by atoms with E-state index in [1.165, 1.54) is 4.88 Å². The van der Waals surface area contributed by atoms with Gasteiger partial charge in [0.15, 0.2) is 0 Å². The average Bonchev–Trinajstić information content (AvgIpc) is 2.82. The standard InChI is InChI=1S/C12H12N2OS/c13-9-5-8(9)11-6-14-12(16-11)7-3-1-2-4-10(7)15/h1-4,6,8-9,15H,5,13H2/t8-,9+/m1/s1. The Morgan fingerprint density at radius 1 is 1.38 bits per heavy atom. The average molecular weight is 232 g/mol. The molecule has 1 saturated carbocycles. The van der Waals surface area contributed by atoms with Crippen LogP contribution >= 0.6 is 11.3 Å². The number of aromatic nitrogens is 1. The Kier molecular flexibility index (Phi) is 2.19. The molecule has 0 aliphatic heterocycles. The molecule has 3 nitrogen and oxygen atoms in total. The SMILES string of the molecule is N[C@H]1C[C@H]1c1cnc(-c2ccccc2O)s1. The van der Waals surface area contributed by atoms with Gasteiger partial charge in [-0.1, -0.05) is 12.1 Å². The van der Waals surface area contributed by atoms with Gasteiger partial charge in [0.05, 0.1) is 5.56 Å². The second kappa shape index (κ2) is 3.57. The third-order valence-corrected chi connectivity index (χ3v) is 4.03. The molecule has 1 fully saturated rings. The predicted molar refractivity (Wildman–Crippen MR) is 64.5 cm³/mol. The highest BCUT2D eigenvalue weighted by Gasteiger charge is 2.36. The van der Waals surface area contributed by atoms with E-state index < -0.39 is 0 Å². The van der Waals surface area contributed by atoms with Crippen molar-refractivity contribution in [2.24, 2.45) is 5.73 Å². The number of hydrogen-bond donors (Lipinski definition) is 2. The molecule has 0 radical (unpaired) electrons. The van der Waals surface area contributed by atoms with E-state index in [4.69, 9.17) is 5.73 Å². The summed E-state index contributed by atoms with van der Waals surface area (Å²) in [5.74, 6) is 0.764. The molecule has 0 unspecified atom stereocenters. The monoisotopic (exact) mass is 232 g/mol. The van der Waals surface area contributed by atoms with Crippen molar-refractivity contribution in [2.75, 3.05) is 0 Å². The lowest BCUT2D eigenvalue weighted by Gasteiger charge is -1.98. The Labute approximate surface area is 97.6 Å². The first-order valence-corrected chi connectivity index (χ1v) is 6.07.